The highest BCUT2D eigenvalue weighted by Gasteiger charge is 2.26. The number of hydrogen-bond acceptors (Lipinski definition) is 3. The summed E-state index contributed by atoms with van der Waals surface area (Å²) in [5.74, 6) is 1.63. The number of piperidine rings is 1. The average Bonchev–Trinajstić information content (AvgIpc) is 2.36. The largest absolute Gasteiger partial charge is 0.355 e. The van der Waals surface area contributed by atoms with Crippen molar-refractivity contribution < 1.29 is 4.79 Å². The number of unbranched alkanes of at least 4 members (excludes halogenated alkanes) is 1. The van der Waals surface area contributed by atoms with Crippen molar-refractivity contribution >= 4 is 5.91 Å². The van der Waals surface area contributed by atoms with Crippen molar-refractivity contribution in [3.05, 3.63) is 0 Å². The lowest BCUT2D eigenvalue weighted by molar-refractivity contribution is -0.126. The summed E-state index contributed by atoms with van der Waals surface area (Å²) in [6, 6.07) is 0. The molecule has 0 radical (unpaired) electrons. The monoisotopic (exact) mass is 297 g/mol. The zero-order chi connectivity index (χ0) is 15.9. The standard InChI is InChI=1S/C17H35N3O/c1-5-8-17(4,18)16(21)19-9-6-7-10-20-12-14(2)11-15(3)13-20/h14-15H,5-13,18H2,1-4H3,(H,19,21). The van der Waals surface area contributed by atoms with Crippen molar-refractivity contribution in [1.82, 2.24) is 10.2 Å². The van der Waals surface area contributed by atoms with Crippen molar-refractivity contribution in [2.75, 3.05) is 26.2 Å². The zero-order valence-electron chi connectivity index (χ0n) is 14.5. The normalized spacial score (nSPS) is 26.3. The first-order valence-electron chi connectivity index (χ1n) is 8.64. The molecule has 1 aliphatic heterocycles. The lowest BCUT2D eigenvalue weighted by Gasteiger charge is -2.35. The molecule has 0 saturated carbocycles. The predicted octanol–water partition coefficient (Wildman–Crippen LogP) is 2.38. The van der Waals surface area contributed by atoms with E-state index in [9.17, 15) is 4.79 Å². The Morgan fingerprint density at radius 2 is 1.90 bits per heavy atom. The van der Waals surface area contributed by atoms with E-state index in [0.717, 1.165) is 50.6 Å². The Kier molecular flexibility index (Phi) is 7.67. The molecular formula is C17H35N3O. The summed E-state index contributed by atoms with van der Waals surface area (Å²) >= 11 is 0. The first kappa shape index (κ1) is 18.4. The molecule has 0 spiro atoms. The number of nitrogens with two attached hydrogens (primary N) is 1. The summed E-state index contributed by atoms with van der Waals surface area (Å²) in [5, 5.41) is 2.98. The molecule has 1 fully saturated rings. The van der Waals surface area contributed by atoms with E-state index in [0.29, 0.717) is 0 Å². The van der Waals surface area contributed by atoms with Gasteiger partial charge in [0.1, 0.15) is 0 Å². The molecule has 0 bridgehead atoms. The molecule has 0 aliphatic carbocycles. The number of nitrogens with one attached hydrogen (secondary N) is 1. The third kappa shape index (κ3) is 6.79. The summed E-state index contributed by atoms with van der Waals surface area (Å²) in [6.07, 6.45) is 5.22. The number of carbonyl (C=O) groups is 1. The highest BCUT2D eigenvalue weighted by atomic mass is 16.2. The van der Waals surface area contributed by atoms with Gasteiger partial charge in [0.2, 0.25) is 5.91 Å². The number of rotatable bonds is 8. The molecule has 1 aliphatic rings. The van der Waals surface area contributed by atoms with Gasteiger partial charge in [0.25, 0.3) is 0 Å². The summed E-state index contributed by atoms with van der Waals surface area (Å²) in [7, 11) is 0. The number of likely N-dealkylation sites (tertiary alicyclic amines) is 1. The molecule has 3 unspecified atom stereocenters. The minimum Gasteiger partial charge on any atom is -0.355 e. The van der Waals surface area contributed by atoms with Crippen LogP contribution in [0.5, 0.6) is 0 Å². The molecule has 0 aromatic rings. The minimum atomic E-state index is -0.716. The van der Waals surface area contributed by atoms with Gasteiger partial charge in [-0.1, -0.05) is 27.2 Å². The second kappa shape index (κ2) is 8.74. The van der Waals surface area contributed by atoms with Crippen molar-refractivity contribution in [1.29, 1.82) is 0 Å². The third-order valence-electron chi connectivity index (χ3n) is 4.42. The molecule has 124 valence electrons. The molecule has 3 atom stereocenters. The van der Waals surface area contributed by atoms with Crippen LogP contribution in [0.3, 0.4) is 0 Å². The molecule has 0 aromatic heterocycles. The molecule has 1 heterocycles. The van der Waals surface area contributed by atoms with E-state index in [1.807, 2.05) is 6.92 Å². The topological polar surface area (TPSA) is 58.4 Å². The number of amides is 1. The maximum absolute atomic E-state index is 12.0. The Hall–Kier alpha value is -0.610. The van der Waals surface area contributed by atoms with Gasteiger partial charge in [0.15, 0.2) is 0 Å². The molecule has 4 nitrogen and oxygen atoms in total. The van der Waals surface area contributed by atoms with E-state index < -0.39 is 5.54 Å². The van der Waals surface area contributed by atoms with Crippen LogP contribution in [0, 0.1) is 11.8 Å². The van der Waals surface area contributed by atoms with Crippen LogP contribution >= 0.6 is 0 Å². The minimum absolute atomic E-state index is 0.00966. The van der Waals surface area contributed by atoms with Gasteiger partial charge in [-0.2, -0.15) is 0 Å². The van der Waals surface area contributed by atoms with Crippen LogP contribution in [0.15, 0.2) is 0 Å². The van der Waals surface area contributed by atoms with Crippen LogP contribution in [0.2, 0.25) is 0 Å². The number of carbonyl (C=O) groups excluding carboxylic acids is 1. The van der Waals surface area contributed by atoms with Crippen molar-refractivity contribution in [2.24, 2.45) is 17.6 Å². The van der Waals surface area contributed by atoms with Gasteiger partial charge in [-0.3, -0.25) is 4.79 Å². The second-order valence-corrected chi connectivity index (χ2v) is 7.34. The summed E-state index contributed by atoms with van der Waals surface area (Å²) in [6.45, 7) is 12.9. The first-order valence-corrected chi connectivity index (χ1v) is 8.64. The van der Waals surface area contributed by atoms with Crippen LogP contribution in [0.25, 0.3) is 0 Å². The van der Waals surface area contributed by atoms with Crippen LogP contribution in [-0.2, 0) is 4.79 Å². The van der Waals surface area contributed by atoms with Gasteiger partial charge < -0.3 is 16.0 Å². The fourth-order valence-corrected chi connectivity index (χ4v) is 3.47. The molecule has 0 aromatic carbocycles. The van der Waals surface area contributed by atoms with Gasteiger partial charge >= 0.3 is 0 Å². The second-order valence-electron chi connectivity index (χ2n) is 7.34. The van der Waals surface area contributed by atoms with Crippen molar-refractivity contribution in [3.8, 4) is 0 Å². The molecular weight excluding hydrogens is 262 g/mol. The van der Waals surface area contributed by atoms with Gasteiger partial charge in [0, 0.05) is 19.6 Å². The maximum atomic E-state index is 12.0. The van der Waals surface area contributed by atoms with E-state index in [1.165, 1.54) is 19.5 Å². The lowest BCUT2D eigenvalue weighted by Crippen LogP contribution is -2.51. The van der Waals surface area contributed by atoms with E-state index >= 15 is 0 Å². The predicted molar refractivity (Wildman–Crippen MR) is 89.1 cm³/mol. The Bertz CT molecular complexity index is 307. The summed E-state index contributed by atoms with van der Waals surface area (Å²) < 4.78 is 0. The number of hydrogen-bond donors (Lipinski definition) is 2. The quantitative estimate of drug-likeness (QED) is 0.676. The molecule has 21 heavy (non-hydrogen) atoms. The van der Waals surface area contributed by atoms with E-state index in [-0.39, 0.29) is 5.91 Å². The Morgan fingerprint density at radius 1 is 1.29 bits per heavy atom. The third-order valence-corrected chi connectivity index (χ3v) is 4.42. The highest BCUT2D eigenvalue weighted by Crippen LogP contribution is 2.20. The van der Waals surface area contributed by atoms with Crippen molar-refractivity contribution in [3.63, 3.8) is 0 Å². The van der Waals surface area contributed by atoms with Gasteiger partial charge in [0.05, 0.1) is 5.54 Å². The molecule has 4 heteroatoms. The van der Waals surface area contributed by atoms with Crippen LogP contribution in [-0.4, -0.2) is 42.5 Å². The van der Waals surface area contributed by atoms with Gasteiger partial charge in [-0.15, -0.1) is 0 Å². The fraction of sp³-hybridized carbons (Fsp3) is 0.941. The summed E-state index contributed by atoms with van der Waals surface area (Å²) in [5.41, 5.74) is 5.30. The van der Waals surface area contributed by atoms with Crippen LogP contribution in [0.1, 0.15) is 59.8 Å². The van der Waals surface area contributed by atoms with Crippen molar-refractivity contribution in [2.45, 2.75) is 65.3 Å². The van der Waals surface area contributed by atoms with Gasteiger partial charge in [-0.25, -0.2) is 0 Å². The lowest BCUT2D eigenvalue weighted by atomic mass is 9.92. The molecule has 1 saturated heterocycles. The van der Waals surface area contributed by atoms with Crippen LogP contribution < -0.4 is 11.1 Å². The smallest absolute Gasteiger partial charge is 0.239 e. The SMILES string of the molecule is CCCC(C)(N)C(=O)NCCCCN1CC(C)CC(C)C1. The Morgan fingerprint density at radius 3 is 2.48 bits per heavy atom. The van der Waals surface area contributed by atoms with Gasteiger partial charge in [-0.05, 0) is 51.0 Å². The molecule has 1 amide bonds. The molecule has 3 N–H and O–H groups in total. The average molecular weight is 297 g/mol. The van der Waals surface area contributed by atoms with E-state index in [1.54, 1.807) is 0 Å². The fourth-order valence-electron chi connectivity index (χ4n) is 3.47. The maximum Gasteiger partial charge on any atom is 0.239 e. The van der Waals surface area contributed by atoms with E-state index in [2.05, 4.69) is 31.0 Å². The van der Waals surface area contributed by atoms with Crippen LogP contribution in [0.4, 0.5) is 0 Å². The van der Waals surface area contributed by atoms with E-state index in [4.69, 9.17) is 5.73 Å². The number of nitrogens with zero attached hydrogens (tertiary/aromatic N) is 1. The molecule has 1 rings (SSSR count). The Labute approximate surface area is 130 Å². The zero-order valence-corrected chi connectivity index (χ0v) is 14.5. The first-order chi connectivity index (χ1) is 9.85. The summed E-state index contributed by atoms with van der Waals surface area (Å²) in [4.78, 5) is 14.5. The Balaban J connectivity index is 2.13. The highest BCUT2D eigenvalue weighted by molar-refractivity contribution is 5.85.